The molecule has 36 heavy (non-hydrogen) atoms. The van der Waals surface area contributed by atoms with Crippen LogP contribution in [0.4, 0.5) is 5.95 Å². The van der Waals surface area contributed by atoms with E-state index in [4.69, 9.17) is 13.9 Å². The molecule has 1 atom stereocenters. The van der Waals surface area contributed by atoms with E-state index in [9.17, 15) is 4.79 Å². The van der Waals surface area contributed by atoms with Gasteiger partial charge in [0, 0.05) is 37.1 Å². The number of anilines is 1. The Balaban J connectivity index is 1.72. The molecule has 3 aromatic rings. The van der Waals surface area contributed by atoms with Gasteiger partial charge in [0.15, 0.2) is 5.76 Å². The van der Waals surface area contributed by atoms with Crippen molar-refractivity contribution in [1.29, 1.82) is 0 Å². The van der Waals surface area contributed by atoms with E-state index in [1.165, 1.54) is 0 Å². The van der Waals surface area contributed by atoms with Crippen LogP contribution in [0.3, 0.4) is 0 Å². The largest absolute Gasteiger partial charge is 0.494 e. The van der Waals surface area contributed by atoms with Gasteiger partial charge in [-0.3, -0.25) is 13.7 Å². The summed E-state index contributed by atoms with van der Waals surface area (Å²) in [5, 5.41) is 9.12. The minimum absolute atomic E-state index is 0.241. The van der Waals surface area contributed by atoms with Gasteiger partial charge in [-0.25, -0.2) is 0 Å². The molecule has 3 heterocycles. The van der Waals surface area contributed by atoms with E-state index < -0.39 is 0 Å². The summed E-state index contributed by atoms with van der Waals surface area (Å²) in [6, 6.07) is 9.60. The fourth-order valence-electron chi connectivity index (χ4n) is 4.29. The molecule has 1 fully saturated rings. The molecule has 1 aromatic carbocycles. The second kappa shape index (κ2) is 13.0. The fourth-order valence-corrected chi connectivity index (χ4v) is 6.20. The highest BCUT2D eigenvalue weighted by Crippen LogP contribution is 2.39. The molecule has 1 aliphatic heterocycles. The molecule has 0 bridgehead atoms. The number of carbonyl (C=O) groups is 1. The summed E-state index contributed by atoms with van der Waals surface area (Å²) in [5.74, 6) is 4.90. The van der Waals surface area contributed by atoms with Gasteiger partial charge >= 0.3 is 0 Å². The molecule has 1 saturated heterocycles. The van der Waals surface area contributed by atoms with E-state index in [-0.39, 0.29) is 11.9 Å². The molecule has 1 unspecified atom stereocenters. The van der Waals surface area contributed by atoms with Gasteiger partial charge in [-0.15, -0.1) is 10.2 Å². The Morgan fingerprint density at radius 2 is 1.94 bits per heavy atom. The number of aromatic nitrogens is 3. The average molecular weight is 644 g/mol. The number of carbonyl (C=O) groups excluding carboxylic acids is 1. The van der Waals surface area contributed by atoms with E-state index in [0.717, 1.165) is 30.9 Å². The zero-order chi connectivity index (χ0) is 25.5. The number of amides is 1. The van der Waals surface area contributed by atoms with Gasteiger partial charge in [0.2, 0.25) is 17.7 Å². The Hall–Kier alpha value is -2.06. The highest BCUT2D eigenvalue weighted by atomic mass is 127. The lowest BCUT2D eigenvalue weighted by molar-refractivity contribution is -0.135. The summed E-state index contributed by atoms with van der Waals surface area (Å²) in [5.41, 5.74) is 0.696. The molecule has 1 amide bonds. The summed E-state index contributed by atoms with van der Waals surface area (Å²) in [6.07, 6.45) is 4.28. The molecule has 12 heteroatoms. The smallest absolute Gasteiger partial charge is 0.242 e. The Kier molecular flexibility index (Phi) is 9.71. The number of rotatable bonds is 12. The first kappa shape index (κ1) is 27.0. The summed E-state index contributed by atoms with van der Waals surface area (Å²) in [4.78, 5) is 14.5. The van der Waals surface area contributed by atoms with E-state index in [0.29, 0.717) is 47.7 Å². The lowest BCUT2D eigenvalue weighted by Crippen LogP contribution is -2.43. The fraction of sp³-hybridized carbons (Fsp3) is 0.458. The molecular weight excluding hydrogens is 613 g/mol. The number of hydrogen-bond acceptors (Lipinski definition) is 9. The predicted molar refractivity (Wildman–Crippen MR) is 153 cm³/mol. The molecular formula is C24H30IN5O4S2. The molecule has 0 saturated carbocycles. The zero-order valence-corrected chi connectivity index (χ0v) is 24.3. The minimum Gasteiger partial charge on any atom is -0.494 e. The molecule has 0 radical (unpaired) electrons. The number of ether oxygens (including phenoxy) is 2. The Bertz CT molecular complexity index is 1120. The van der Waals surface area contributed by atoms with Gasteiger partial charge in [0.25, 0.3) is 0 Å². The van der Waals surface area contributed by atoms with E-state index in [1.54, 1.807) is 41.4 Å². The molecule has 1 aliphatic rings. The van der Waals surface area contributed by atoms with Gasteiger partial charge < -0.3 is 18.8 Å². The number of furan rings is 1. The van der Waals surface area contributed by atoms with Crippen LogP contribution in [0, 0.1) is 0 Å². The number of hydrogen-bond donors (Lipinski definition) is 0. The number of likely N-dealkylation sites (tertiary alicyclic amines) is 1. The number of nitrogens with zero attached hydrogens (tertiary/aromatic N) is 5. The Labute approximate surface area is 232 Å². The van der Waals surface area contributed by atoms with Crippen molar-refractivity contribution in [3.05, 3.63) is 36.6 Å². The van der Waals surface area contributed by atoms with Crippen molar-refractivity contribution in [3.8, 4) is 28.8 Å². The lowest BCUT2D eigenvalue weighted by atomic mass is 10.0. The van der Waals surface area contributed by atoms with E-state index in [1.807, 2.05) is 39.8 Å². The van der Waals surface area contributed by atoms with Gasteiger partial charge in [-0.1, -0.05) is 15.0 Å². The Morgan fingerprint density at radius 3 is 2.58 bits per heavy atom. The highest BCUT2D eigenvalue weighted by molar-refractivity contribution is 14.2. The van der Waals surface area contributed by atoms with Crippen molar-refractivity contribution in [3.63, 3.8) is 0 Å². The zero-order valence-electron chi connectivity index (χ0n) is 20.6. The molecule has 0 spiro atoms. The second-order valence-corrected chi connectivity index (χ2v) is 11.8. The third-order valence-electron chi connectivity index (χ3n) is 6.05. The minimum atomic E-state index is 0.241. The van der Waals surface area contributed by atoms with Crippen LogP contribution in [0.15, 0.2) is 41.0 Å². The quantitative estimate of drug-likeness (QED) is 0.188. The first-order chi connectivity index (χ1) is 17.6. The van der Waals surface area contributed by atoms with Crippen LogP contribution >= 0.6 is 42.1 Å². The lowest BCUT2D eigenvalue weighted by Gasteiger charge is -2.34. The molecule has 2 aromatic heterocycles. The van der Waals surface area contributed by atoms with Crippen LogP contribution in [0.25, 0.3) is 17.3 Å². The van der Waals surface area contributed by atoms with E-state index in [2.05, 4.69) is 42.6 Å². The van der Waals surface area contributed by atoms with Crippen LogP contribution in [0.5, 0.6) is 11.5 Å². The van der Waals surface area contributed by atoms with Crippen molar-refractivity contribution in [2.45, 2.75) is 32.2 Å². The summed E-state index contributed by atoms with van der Waals surface area (Å²) in [6.45, 7) is 3.55. The van der Waals surface area contributed by atoms with E-state index >= 15 is 0 Å². The van der Waals surface area contributed by atoms with Crippen molar-refractivity contribution in [2.75, 3.05) is 43.1 Å². The van der Waals surface area contributed by atoms with Gasteiger partial charge in [-0.05, 0) is 77.2 Å². The number of halogens is 1. The maximum atomic E-state index is 12.5. The third kappa shape index (κ3) is 5.91. The van der Waals surface area contributed by atoms with Crippen LogP contribution in [-0.2, 0) is 4.79 Å². The third-order valence-corrected chi connectivity index (χ3v) is 8.73. The topological polar surface area (TPSA) is 85.9 Å². The first-order valence-corrected chi connectivity index (χ1v) is 16.2. The van der Waals surface area contributed by atoms with Crippen molar-refractivity contribution in [1.82, 2.24) is 19.7 Å². The number of benzene rings is 1. The van der Waals surface area contributed by atoms with Crippen LogP contribution < -0.4 is 13.8 Å². The molecule has 4 rings (SSSR count). The molecule has 0 aliphatic carbocycles. The highest BCUT2D eigenvalue weighted by Gasteiger charge is 2.28. The maximum absolute atomic E-state index is 12.5. The number of para-hydroxylation sites is 1. The molecule has 0 N–H and O–H groups in total. The molecule has 9 nitrogen and oxygen atoms in total. The Morgan fingerprint density at radius 1 is 1.17 bits per heavy atom. The summed E-state index contributed by atoms with van der Waals surface area (Å²) in [7, 11) is 4.99. The van der Waals surface area contributed by atoms with Crippen molar-refractivity contribution >= 4 is 53.9 Å². The maximum Gasteiger partial charge on any atom is 0.242 e. The van der Waals surface area contributed by atoms with Crippen molar-refractivity contribution in [2.24, 2.45) is 0 Å². The summed E-state index contributed by atoms with van der Waals surface area (Å²) >= 11 is 3.95. The van der Waals surface area contributed by atoms with Gasteiger partial charge in [-0.2, -0.15) is 0 Å². The SMILES string of the molecule is COc1cccc(OC)c1-n1c(-c2ccco2)nnc1N(CCSI)SCCN1C(=O)CCCC1C. The van der Waals surface area contributed by atoms with Gasteiger partial charge in [0.1, 0.15) is 17.2 Å². The van der Waals surface area contributed by atoms with Crippen molar-refractivity contribution < 1.29 is 18.7 Å². The average Bonchev–Trinajstić information content (AvgIpc) is 3.57. The number of methoxy groups -OCH3 is 2. The number of piperidine rings is 1. The molecule has 194 valence electrons. The van der Waals surface area contributed by atoms with Crippen LogP contribution in [-0.4, -0.2) is 70.4 Å². The van der Waals surface area contributed by atoms with Crippen LogP contribution in [0.1, 0.15) is 26.2 Å². The normalized spacial score (nSPS) is 15.8. The monoisotopic (exact) mass is 643 g/mol. The first-order valence-electron chi connectivity index (χ1n) is 11.7. The predicted octanol–water partition coefficient (Wildman–Crippen LogP) is 5.48. The second-order valence-electron chi connectivity index (χ2n) is 8.22. The van der Waals surface area contributed by atoms with Gasteiger partial charge in [0.05, 0.1) is 20.5 Å². The standard InChI is InChI=1S/C24H30IN5O4S2/c1-17-7-4-11-21(31)28(17)12-16-36-29(13-15-35-25)24-27-26-23(20-10-6-14-34-20)30(24)22-18(32-2)8-5-9-19(22)33-3/h5-6,8-10,14,17H,4,7,11-13,15-16H2,1-3H3. The van der Waals surface area contributed by atoms with Crippen LogP contribution in [0.2, 0.25) is 0 Å². The summed E-state index contributed by atoms with van der Waals surface area (Å²) < 4.78 is 21.2.